The topological polar surface area (TPSA) is 0 Å². The molecule has 0 saturated carbocycles. The molecule has 0 aliphatic rings. The molecule has 1 aromatic rings. The third-order valence-electron chi connectivity index (χ3n) is 0.669. The zero-order valence-electron chi connectivity index (χ0n) is 5.39. The van der Waals surface area contributed by atoms with Gasteiger partial charge < -0.3 is 0 Å². The minimum atomic E-state index is 0.625. The molecule has 0 bridgehead atoms. The van der Waals surface area contributed by atoms with Gasteiger partial charge in [0.2, 0.25) is 0 Å². The Morgan fingerprint density at radius 1 is 1.75 bits per heavy atom. The van der Waals surface area contributed by atoms with Crippen molar-refractivity contribution in [2.75, 3.05) is 0 Å². The van der Waals surface area contributed by atoms with Crippen molar-refractivity contribution in [1.29, 1.82) is 0.832 Å². The van der Waals surface area contributed by atoms with Gasteiger partial charge >= 0.3 is 20.2 Å². The molecule has 0 radical (unpaired) electrons. The summed E-state index contributed by atoms with van der Waals surface area (Å²) in [5.74, 6) is 0. The van der Waals surface area contributed by atoms with Crippen LogP contribution in [0.15, 0.2) is 28.7 Å². The van der Waals surface area contributed by atoms with Crippen LogP contribution in [-0.4, -0.2) is 0.832 Å². The fraction of sp³-hybridized carbons (Fsp3) is 0. The van der Waals surface area contributed by atoms with Crippen molar-refractivity contribution in [3.05, 3.63) is 34.8 Å². The van der Waals surface area contributed by atoms with Crippen LogP contribution >= 0.6 is 15.9 Å². The molecule has 8 heavy (non-hydrogen) atoms. The predicted octanol–water partition coefficient (Wildman–Crippen LogP) is 1.98. The fourth-order valence-corrected chi connectivity index (χ4v) is 0.656. The van der Waals surface area contributed by atoms with Gasteiger partial charge in [-0.1, -0.05) is 4.47 Å². The number of halogens is 1. The first-order valence-electron chi connectivity index (χ1n) is 2.72. The maximum absolute atomic E-state index is 5.88. The first kappa shape index (κ1) is 6.44. The van der Waals surface area contributed by atoms with E-state index in [1.165, 1.54) is 0 Å². The van der Waals surface area contributed by atoms with Gasteiger partial charge in [-0.05, 0) is 0 Å². The second-order valence-corrected chi connectivity index (χ2v) is 2.14. The molecule has 1 rings (SSSR count). The van der Waals surface area contributed by atoms with Crippen molar-refractivity contribution in [2.24, 2.45) is 0 Å². The standard InChI is InChI=1S/C6H4Br.Zn.H/c7-6-4-2-1-3-5-6;;/h1-2,4-5H;;/q-1;+1;/i;;1+2. The van der Waals surface area contributed by atoms with E-state index >= 15 is 0 Å². The van der Waals surface area contributed by atoms with Gasteiger partial charge in [-0.15, -0.1) is 15.9 Å². The average Bonchev–Trinajstić information content (AvgIpc) is 1.94. The summed E-state index contributed by atoms with van der Waals surface area (Å²) < 4.78 is 6.95. The number of hydrogen-bond donors (Lipinski definition) is 0. The molecular weight excluding hydrogens is 217 g/mol. The van der Waals surface area contributed by atoms with E-state index in [1.807, 2.05) is 24.3 Å². The normalized spacial score (nSPS) is 8.62. The van der Waals surface area contributed by atoms with E-state index < -0.39 is 0 Å². The van der Waals surface area contributed by atoms with Crippen LogP contribution in [0.5, 0.6) is 0 Å². The Morgan fingerprint density at radius 3 is 2.75 bits per heavy atom. The van der Waals surface area contributed by atoms with E-state index in [-0.39, 0.29) is 0 Å². The molecule has 0 nitrogen and oxygen atoms in total. The van der Waals surface area contributed by atoms with Crippen molar-refractivity contribution >= 4 is 15.9 Å². The Bertz CT molecular complexity index is 143. The van der Waals surface area contributed by atoms with Gasteiger partial charge in [0.1, 0.15) is 0 Å². The molecule has 0 fully saturated rings. The van der Waals surface area contributed by atoms with Gasteiger partial charge in [0.25, 0.3) is 0 Å². The van der Waals surface area contributed by atoms with E-state index in [0.29, 0.717) is 19.3 Å². The van der Waals surface area contributed by atoms with Crippen LogP contribution in [-0.2, 0) is 19.3 Å². The number of hydrogen-bond acceptors (Lipinski definition) is 0. The van der Waals surface area contributed by atoms with Crippen LogP contribution in [0.2, 0.25) is 0 Å². The second-order valence-electron chi connectivity index (χ2n) is 1.22. The Morgan fingerprint density at radius 2 is 2.50 bits per heavy atom. The molecule has 0 N–H and O–H groups in total. The molecular formula is C6H5BrZn. The van der Waals surface area contributed by atoms with Gasteiger partial charge in [-0.25, -0.2) is 0 Å². The number of benzene rings is 1. The Kier molecular flexibility index (Phi) is 3.40. The fourth-order valence-electron chi connectivity index (χ4n) is 0.371. The minimum absolute atomic E-state index is 0.625. The SMILES string of the molecule is Brc1c[c-]ccc1.[3H][Zn+]. The molecule has 0 spiro atoms. The van der Waals surface area contributed by atoms with E-state index in [1.54, 1.807) is 0 Å². The Hall–Kier alpha value is 0.323. The predicted molar refractivity (Wildman–Crippen MR) is 34.4 cm³/mol. The molecule has 2 heteroatoms. The van der Waals surface area contributed by atoms with E-state index in [0.717, 1.165) is 4.47 Å². The van der Waals surface area contributed by atoms with Crippen LogP contribution < -0.4 is 0 Å². The molecule has 0 aliphatic heterocycles. The van der Waals surface area contributed by atoms with Crippen molar-refractivity contribution in [2.45, 2.75) is 0 Å². The molecule has 0 unspecified atom stereocenters. The van der Waals surface area contributed by atoms with Gasteiger partial charge in [-0.2, -0.15) is 30.3 Å². The van der Waals surface area contributed by atoms with Crippen LogP contribution in [0.4, 0.5) is 0 Å². The monoisotopic (exact) mass is 222 g/mol. The summed E-state index contributed by atoms with van der Waals surface area (Å²) in [5, 5.41) is 0. The summed E-state index contributed by atoms with van der Waals surface area (Å²) >= 11 is 3.90. The van der Waals surface area contributed by atoms with E-state index in [2.05, 4.69) is 22.0 Å². The third-order valence-corrected chi connectivity index (χ3v) is 1.16. The van der Waals surface area contributed by atoms with Crippen molar-refractivity contribution in [1.82, 2.24) is 0 Å². The first-order valence-corrected chi connectivity index (χ1v) is 2.80. The summed E-state index contributed by atoms with van der Waals surface area (Å²) in [6.45, 7) is 0. The van der Waals surface area contributed by atoms with Crippen LogP contribution in [0.1, 0.15) is 0 Å². The maximum atomic E-state index is 5.88. The summed E-state index contributed by atoms with van der Waals surface area (Å²) in [5.41, 5.74) is 0. The molecule has 0 heterocycles. The van der Waals surface area contributed by atoms with Crippen molar-refractivity contribution < 1.29 is 19.3 Å². The van der Waals surface area contributed by atoms with Gasteiger partial charge in [0.05, 0.1) is 0 Å². The quantitative estimate of drug-likeness (QED) is 0.467. The average molecular weight is 224 g/mol. The zero-order valence-corrected chi connectivity index (χ0v) is 8.95. The van der Waals surface area contributed by atoms with Gasteiger partial charge in [0, 0.05) is 0 Å². The van der Waals surface area contributed by atoms with E-state index in [4.69, 9.17) is 0.832 Å². The molecule has 0 atom stereocenters. The molecule has 0 amide bonds. The summed E-state index contributed by atoms with van der Waals surface area (Å²) in [4.78, 5) is 0. The van der Waals surface area contributed by atoms with E-state index in [9.17, 15) is 0 Å². The summed E-state index contributed by atoms with van der Waals surface area (Å²) in [6, 6.07) is 10.6. The summed E-state index contributed by atoms with van der Waals surface area (Å²) in [6.07, 6.45) is 0. The zero-order chi connectivity index (χ0) is 7.11. The second kappa shape index (κ2) is 4.23. The van der Waals surface area contributed by atoms with Gasteiger partial charge in [0.15, 0.2) is 0 Å². The van der Waals surface area contributed by atoms with Crippen LogP contribution in [0, 0.1) is 6.07 Å². The Balaban J connectivity index is 0.000000291. The van der Waals surface area contributed by atoms with Crippen molar-refractivity contribution in [3.8, 4) is 0 Å². The molecule has 38 valence electrons. The van der Waals surface area contributed by atoms with Crippen LogP contribution in [0.25, 0.3) is 0 Å². The van der Waals surface area contributed by atoms with Gasteiger partial charge in [-0.3, -0.25) is 0 Å². The third kappa shape index (κ3) is 2.59. The molecule has 1 aromatic carbocycles. The van der Waals surface area contributed by atoms with Crippen molar-refractivity contribution in [3.63, 3.8) is 0 Å². The molecule has 0 aliphatic carbocycles. The number of rotatable bonds is 0. The Labute approximate surface area is 70.9 Å². The first-order chi connectivity index (χ1) is 4.39. The molecule has 0 saturated heterocycles. The molecule has 0 aromatic heterocycles. The van der Waals surface area contributed by atoms with Crippen LogP contribution in [0.3, 0.4) is 0 Å². The summed E-state index contributed by atoms with van der Waals surface area (Å²) in [7, 11) is 0.